The molecule has 12 heteroatoms. The maximum absolute atomic E-state index is 15.1. The van der Waals surface area contributed by atoms with Gasteiger partial charge in [-0.05, 0) is 44.9 Å². The Hall–Kier alpha value is -3.70. The van der Waals surface area contributed by atoms with E-state index < -0.39 is 17.1 Å². The van der Waals surface area contributed by atoms with Gasteiger partial charge in [0.2, 0.25) is 5.91 Å². The number of amides is 1. The maximum Gasteiger partial charge on any atom is 0.351 e. The van der Waals surface area contributed by atoms with E-state index in [0.29, 0.717) is 50.3 Å². The first-order valence-corrected chi connectivity index (χ1v) is 13.6. The summed E-state index contributed by atoms with van der Waals surface area (Å²) in [5.41, 5.74) is -0.998. The number of aromatic hydroxyl groups is 1. The van der Waals surface area contributed by atoms with Gasteiger partial charge in [-0.2, -0.15) is 4.98 Å². The molecular weight excluding hydrogens is 541 g/mol. The predicted octanol–water partition coefficient (Wildman–Crippen LogP) is 3.68. The number of benzene rings is 1. The molecule has 1 N–H and O–H groups in total. The van der Waals surface area contributed by atoms with Crippen LogP contribution in [-0.2, 0) is 9.53 Å². The van der Waals surface area contributed by atoms with Crippen LogP contribution in [0.15, 0.2) is 35.6 Å². The van der Waals surface area contributed by atoms with Crippen LogP contribution in [0.3, 0.4) is 0 Å². The molecule has 2 saturated heterocycles. The van der Waals surface area contributed by atoms with Gasteiger partial charge in [-0.15, -0.1) is 0 Å². The second-order valence-electron chi connectivity index (χ2n) is 10.9. The highest BCUT2D eigenvalue weighted by atomic mass is 35.5. The fourth-order valence-electron chi connectivity index (χ4n) is 5.99. The molecule has 0 bridgehead atoms. The van der Waals surface area contributed by atoms with E-state index >= 15 is 4.39 Å². The molecule has 3 aromatic rings. The lowest BCUT2D eigenvalue weighted by Gasteiger charge is -2.40. The molecule has 0 radical (unpaired) electrons. The largest absolute Gasteiger partial charge is 0.507 e. The molecule has 2 aromatic heterocycles. The van der Waals surface area contributed by atoms with Crippen molar-refractivity contribution in [1.29, 1.82) is 0 Å². The van der Waals surface area contributed by atoms with Crippen molar-refractivity contribution in [2.75, 3.05) is 37.7 Å². The average molecular weight is 570 g/mol. The minimum absolute atomic E-state index is 0.00710. The van der Waals surface area contributed by atoms with E-state index in [1.807, 2.05) is 18.7 Å². The lowest BCUT2D eigenvalue weighted by atomic mass is 9.93. The molecule has 5 heterocycles. The number of pyridine rings is 1. The van der Waals surface area contributed by atoms with Crippen LogP contribution in [-0.4, -0.2) is 74.9 Å². The summed E-state index contributed by atoms with van der Waals surface area (Å²) in [7, 11) is 0. The number of piperazine rings is 1. The highest BCUT2D eigenvalue weighted by Crippen LogP contribution is 2.47. The van der Waals surface area contributed by atoms with E-state index in [0.717, 1.165) is 0 Å². The number of phenolic OH excluding ortho intramolecular Hbond substituents is 1. The van der Waals surface area contributed by atoms with Crippen LogP contribution in [0.2, 0.25) is 5.02 Å². The number of anilines is 1. The van der Waals surface area contributed by atoms with E-state index in [9.17, 15) is 14.7 Å². The topological polar surface area (TPSA) is 110 Å². The predicted molar refractivity (Wildman–Crippen MR) is 148 cm³/mol. The number of ether oxygens (including phenoxy) is 2. The van der Waals surface area contributed by atoms with Crippen LogP contribution in [0, 0.1) is 5.82 Å². The van der Waals surface area contributed by atoms with E-state index in [1.165, 1.54) is 28.8 Å². The molecule has 10 nitrogen and oxygen atoms in total. The van der Waals surface area contributed by atoms with Gasteiger partial charge in [0.25, 0.3) is 0 Å². The smallest absolute Gasteiger partial charge is 0.351 e. The van der Waals surface area contributed by atoms with Gasteiger partial charge in [0.15, 0.2) is 11.4 Å². The van der Waals surface area contributed by atoms with E-state index in [2.05, 4.69) is 11.6 Å². The standard InChI is InChI=1S/C28H29ClFN5O5/c1-4-19(37)33-9-10-34-16(13-33)14-39-24-21-25(34)32-27(38)35(15-8-11-40-28(2,3)12-15)26(21)31-23(22(24)29)20-17(30)6-5-7-18(20)36/h4-7,15-16,36H,1,8-14H2,2-3H3/t15-,16-/m1/s1. The second-order valence-corrected chi connectivity index (χ2v) is 11.3. The minimum atomic E-state index is -0.721. The molecule has 2 fully saturated rings. The highest BCUT2D eigenvalue weighted by Gasteiger charge is 2.39. The minimum Gasteiger partial charge on any atom is -0.507 e. The Morgan fingerprint density at radius 3 is 2.80 bits per heavy atom. The molecule has 1 amide bonds. The first kappa shape index (κ1) is 26.5. The maximum atomic E-state index is 15.1. The first-order chi connectivity index (χ1) is 19.1. The van der Waals surface area contributed by atoms with Gasteiger partial charge in [-0.3, -0.25) is 9.36 Å². The Kier molecular flexibility index (Phi) is 6.46. The average Bonchev–Trinajstić information content (AvgIpc) is 3.07. The van der Waals surface area contributed by atoms with Crippen LogP contribution in [0.4, 0.5) is 10.2 Å². The molecule has 2 atom stereocenters. The van der Waals surface area contributed by atoms with E-state index in [-0.39, 0.29) is 58.0 Å². The number of carbonyl (C=O) groups is 1. The number of nitrogens with zero attached hydrogens (tertiary/aromatic N) is 5. The van der Waals surface area contributed by atoms with Crippen LogP contribution < -0.4 is 15.3 Å². The van der Waals surface area contributed by atoms with E-state index in [1.54, 1.807) is 4.90 Å². The van der Waals surface area contributed by atoms with Gasteiger partial charge in [-0.1, -0.05) is 24.2 Å². The molecule has 3 aliphatic rings. The van der Waals surface area contributed by atoms with Gasteiger partial charge in [-0.25, -0.2) is 14.2 Å². The number of hydrogen-bond donors (Lipinski definition) is 1. The summed E-state index contributed by atoms with van der Waals surface area (Å²) in [6, 6.07) is 3.29. The lowest BCUT2D eigenvalue weighted by molar-refractivity contribution is -0.126. The monoisotopic (exact) mass is 569 g/mol. The zero-order chi connectivity index (χ0) is 28.3. The fourth-order valence-corrected chi connectivity index (χ4v) is 6.27. The molecule has 210 valence electrons. The van der Waals surface area contributed by atoms with Crippen molar-refractivity contribution in [2.24, 2.45) is 0 Å². The van der Waals surface area contributed by atoms with Crippen LogP contribution in [0.5, 0.6) is 11.5 Å². The first-order valence-electron chi connectivity index (χ1n) is 13.2. The summed E-state index contributed by atoms with van der Waals surface area (Å²) in [6.45, 7) is 9.18. The number of hydrogen-bond acceptors (Lipinski definition) is 8. The third-order valence-electron chi connectivity index (χ3n) is 7.86. The third-order valence-corrected chi connectivity index (χ3v) is 8.21. The quantitative estimate of drug-likeness (QED) is 0.476. The zero-order valence-electron chi connectivity index (χ0n) is 22.2. The van der Waals surface area contributed by atoms with Gasteiger partial charge in [0, 0.05) is 32.3 Å². The summed E-state index contributed by atoms with van der Waals surface area (Å²) in [6.07, 6.45) is 2.34. The number of fused-ring (bicyclic) bond motifs is 2. The third kappa shape index (κ3) is 4.28. The van der Waals surface area contributed by atoms with Crippen LogP contribution in [0.25, 0.3) is 22.3 Å². The van der Waals surface area contributed by atoms with Crippen molar-refractivity contribution in [3.8, 4) is 22.8 Å². The van der Waals surface area contributed by atoms with Crippen LogP contribution in [0.1, 0.15) is 32.7 Å². The Morgan fingerprint density at radius 1 is 1.27 bits per heavy atom. The van der Waals surface area contributed by atoms with E-state index in [4.69, 9.17) is 26.1 Å². The second kappa shape index (κ2) is 9.74. The molecule has 0 saturated carbocycles. The molecule has 0 spiro atoms. The molecule has 0 aliphatic carbocycles. The summed E-state index contributed by atoms with van der Waals surface area (Å²) in [4.78, 5) is 39.1. The number of carbonyl (C=O) groups excluding carboxylic acids is 1. The Morgan fingerprint density at radius 2 is 2.08 bits per heavy atom. The Labute approximate surface area is 234 Å². The van der Waals surface area contributed by atoms with Gasteiger partial charge >= 0.3 is 5.69 Å². The summed E-state index contributed by atoms with van der Waals surface area (Å²) in [5, 5.41) is 11.0. The van der Waals surface area contributed by atoms with Crippen molar-refractivity contribution >= 4 is 34.4 Å². The number of rotatable bonds is 3. The molecule has 3 aliphatic heterocycles. The summed E-state index contributed by atoms with van der Waals surface area (Å²) in [5.74, 6) is -0.719. The van der Waals surface area contributed by atoms with Crippen molar-refractivity contribution in [2.45, 2.75) is 44.4 Å². The number of aromatic nitrogens is 3. The fraction of sp³-hybridized carbons (Fsp3) is 0.429. The van der Waals surface area contributed by atoms with Crippen molar-refractivity contribution < 1.29 is 23.8 Å². The number of halogens is 2. The van der Waals surface area contributed by atoms with Gasteiger partial charge in [0.05, 0.1) is 17.2 Å². The van der Waals surface area contributed by atoms with Crippen molar-refractivity contribution in [1.82, 2.24) is 19.4 Å². The Bertz CT molecular complexity index is 1590. The molecule has 0 unspecified atom stereocenters. The normalized spacial score (nSPS) is 21.9. The van der Waals surface area contributed by atoms with Gasteiger partial charge in [0.1, 0.15) is 40.1 Å². The molecule has 6 rings (SSSR count). The SMILES string of the molecule is C=CC(=O)N1CCN2c3nc(=O)n([C@@H]4CCOC(C)(C)C4)c4nc(-c5c(O)cccc5F)c(Cl)c(c34)OC[C@H]2C1. The highest BCUT2D eigenvalue weighted by molar-refractivity contribution is 6.36. The van der Waals surface area contributed by atoms with Crippen LogP contribution >= 0.6 is 11.6 Å². The van der Waals surface area contributed by atoms with Gasteiger partial charge < -0.3 is 24.4 Å². The molecular formula is C28H29ClFN5O5. The molecule has 1 aromatic carbocycles. The Balaban J connectivity index is 1.62. The number of phenols is 1. The zero-order valence-corrected chi connectivity index (χ0v) is 22.9. The molecule has 40 heavy (non-hydrogen) atoms. The van der Waals surface area contributed by atoms with Crippen molar-refractivity contribution in [3.63, 3.8) is 0 Å². The van der Waals surface area contributed by atoms with Crippen molar-refractivity contribution in [3.05, 3.63) is 52.2 Å². The summed E-state index contributed by atoms with van der Waals surface area (Å²) < 4.78 is 28.8. The lowest BCUT2D eigenvalue weighted by Crippen LogP contribution is -2.56. The summed E-state index contributed by atoms with van der Waals surface area (Å²) >= 11 is 6.87.